The lowest BCUT2D eigenvalue weighted by molar-refractivity contribution is -0.126. The number of rotatable bonds is 6. The minimum Gasteiger partial charge on any atom is -0.353 e. The molecule has 27 heavy (non-hydrogen) atoms. The molecule has 0 spiro atoms. The summed E-state index contributed by atoms with van der Waals surface area (Å²) < 4.78 is 0. The molecule has 2 heterocycles. The predicted octanol–water partition coefficient (Wildman–Crippen LogP) is 1.36. The third-order valence-electron chi connectivity index (χ3n) is 5.98. The maximum atomic E-state index is 12.6. The monoisotopic (exact) mass is 372 g/mol. The molecule has 6 nitrogen and oxygen atoms in total. The van der Waals surface area contributed by atoms with E-state index < -0.39 is 0 Å². The molecule has 2 aliphatic heterocycles. The van der Waals surface area contributed by atoms with Gasteiger partial charge in [0, 0.05) is 44.2 Å². The summed E-state index contributed by atoms with van der Waals surface area (Å²) in [5.41, 5.74) is 1.10. The van der Waals surface area contributed by atoms with Gasteiger partial charge in [-0.25, -0.2) is 0 Å². The highest BCUT2D eigenvalue weighted by molar-refractivity contribution is 5.83. The highest BCUT2D eigenvalue weighted by Crippen LogP contribution is 2.28. The van der Waals surface area contributed by atoms with Crippen LogP contribution in [0.4, 0.5) is 0 Å². The molecule has 2 saturated heterocycles. The normalized spacial score (nSPS) is 26.5. The fourth-order valence-corrected chi connectivity index (χ4v) is 4.36. The van der Waals surface area contributed by atoms with Gasteiger partial charge in [0.2, 0.25) is 11.8 Å². The Labute approximate surface area is 162 Å². The van der Waals surface area contributed by atoms with E-state index in [-0.39, 0.29) is 29.9 Å². The number of nitrogens with one attached hydrogen (secondary N) is 2. The molecule has 0 radical (unpaired) electrons. The van der Waals surface area contributed by atoms with Crippen LogP contribution in [-0.2, 0) is 16.1 Å². The molecule has 6 heteroatoms. The maximum absolute atomic E-state index is 12.6. The zero-order chi connectivity index (χ0) is 19.4. The largest absolute Gasteiger partial charge is 0.353 e. The van der Waals surface area contributed by atoms with Gasteiger partial charge in [-0.1, -0.05) is 30.3 Å². The summed E-state index contributed by atoms with van der Waals surface area (Å²) in [7, 11) is 2.11. The Hall–Kier alpha value is -1.92. The molecule has 3 rings (SSSR count). The molecule has 0 aromatic heterocycles. The van der Waals surface area contributed by atoms with Crippen LogP contribution in [0.1, 0.15) is 38.7 Å². The van der Waals surface area contributed by atoms with Gasteiger partial charge in [-0.15, -0.1) is 0 Å². The van der Waals surface area contributed by atoms with Crippen LogP contribution in [0, 0.1) is 0 Å². The summed E-state index contributed by atoms with van der Waals surface area (Å²) in [6.45, 7) is 6.42. The Morgan fingerprint density at radius 1 is 1.30 bits per heavy atom. The number of hydrogen-bond donors (Lipinski definition) is 2. The summed E-state index contributed by atoms with van der Waals surface area (Å²) in [6, 6.07) is 10.6. The Bertz CT molecular complexity index is 649. The van der Waals surface area contributed by atoms with E-state index in [0.29, 0.717) is 25.6 Å². The van der Waals surface area contributed by atoms with Gasteiger partial charge in [0.1, 0.15) is 6.04 Å². The summed E-state index contributed by atoms with van der Waals surface area (Å²) in [5, 5.41) is 6.10. The van der Waals surface area contributed by atoms with Crippen LogP contribution in [0.15, 0.2) is 30.3 Å². The second-order valence-electron chi connectivity index (χ2n) is 8.00. The minimum atomic E-state index is -0.0769. The van der Waals surface area contributed by atoms with E-state index in [9.17, 15) is 9.59 Å². The zero-order valence-corrected chi connectivity index (χ0v) is 16.6. The molecule has 1 aromatic rings. The van der Waals surface area contributed by atoms with Crippen molar-refractivity contribution in [3.05, 3.63) is 35.9 Å². The number of carbonyl (C=O) groups excluding carboxylic acids is 2. The zero-order valence-electron chi connectivity index (χ0n) is 16.6. The Morgan fingerprint density at radius 3 is 2.74 bits per heavy atom. The predicted molar refractivity (Wildman–Crippen MR) is 106 cm³/mol. The van der Waals surface area contributed by atoms with Crippen LogP contribution < -0.4 is 10.6 Å². The fourth-order valence-electron chi connectivity index (χ4n) is 4.36. The number of benzene rings is 1. The summed E-state index contributed by atoms with van der Waals surface area (Å²) in [4.78, 5) is 29.5. The second kappa shape index (κ2) is 8.85. The van der Waals surface area contributed by atoms with Crippen LogP contribution in [0.25, 0.3) is 0 Å². The van der Waals surface area contributed by atoms with E-state index in [4.69, 9.17) is 0 Å². The number of carbonyl (C=O) groups is 2. The Kier molecular flexibility index (Phi) is 6.50. The molecule has 148 valence electrons. The molecule has 3 atom stereocenters. The average molecular weight is 373 g/mol. The first-order valence-corrected chi connectivity index (χ1v) is 10.0. The van der Waals surface area contributed by atoms with Crippen molar-refractivity contribution >= 4 is 11.8 Å². The quantitative estimate of drug-likeness (QED) is 0.792. The molecule has 1 aromatic carbocycles. The van der Waals surface area contributed by atoms with Crippen LogP contribution in [0.5, 0.6) is 0 Å². The third-order valence-corrected chi connectivity index (χ3v) is 5.98. The van der Waals surface area contributed by atoms with Gasteiger partial charge in [0.15, 0.2) is 0 Å². The SMILES string of the molecule is CC(C)N1CC[C@H]2[C@H]1C(=O)NC[C@H](CCC(=O)NCc1ccccc1)N2C. The van der Waals surface area contributed by atoms with E-state index in [0.717, 1.165) is 24.9 Å². The van der Waals surface area contributed by atoms with Gasteiger partial charge in [-0.3, -0.25) is 19.4 Å². The molecular formula is C21H32N4O2. The van der Waals surface area contributed by atoms with Crippen molar-refractivity contribution in [1.29, 1.82) is 0 Å². The van der Waals surface area contributed by atoms with Gasteiger partial charge in [-0.2, -0.15) is 0 Å². The van der Waals surface area contributed by atoms with Crippen LogP contribution >= 0.6 is 0 Å². The second-order valence-corrected chi connectivity index (χ2v) is 8.00. The molecule has 0 unspecified atom stereocenters. The van der Waals surface area contributed by atoms with Crippen molar-refractivity contribution in [2.24, 2.45) is 0 Å². The van der Waals surface area contributed by atoms with Crippen molar-refractivity contribution in [3.8, 4) is 0 Å². The minimum absolute atomic E-state index is 0.0644. The number of likely N-dealkylation sites (tertiary alicyclic amines) is 1. The number of likely N-dealkylation sites (N-methyl/N-ethyl adjacent to an activating group) is 1. The van der Waals surface area contributed by atoms with Crippen molar-refractivity contribution in [2.75, 3.05) is 20.1 Å². The summed E-state index contributed by atoms with van der Waals surface area (Å²) >= 11 is 0. The van der Waals surface area contributed by atoms with E-state index in [1.165, 1.54) is 0 Å². The lowest BCUT2D eigenvalue weighted by atomic mass is 10.0. The van der Waals surface area contributed by atoms with E-state index in [1.54, 1.807) is 0 Å². The number of amides is 2. The third kappa shape index (κ3) is 4.68. The van der Waals surface area contributed by atoms with E-state index in [1.807, 2.05) is 30.3 Å². The van der Waals surface area contributed by atoms with Crippen LogP contribution in [0.2, 0.25) is 0 Å². The van der Waals surface area contributed by atoms with Crippen LogP contribution in [0.3, 0.4) is 0 Å². The number of nitrogens with zero attached hydrogens (tertiary/aromatic N) is 2. The Balaban J connectivity index is 1.53. The fraction of sp³-hybridized carbons (Fsp3) is 0.619. The topological polar surface area (TPSA) is 64.7 Å². The van der Waals surface area contributed by atoms with Crippen molar-refractivity contribution in [3.63, 3.8) is 0 Å². The number of fused-ring (bicyclic) bond motifs is 1. The highest BCUT2D eigenvalue weighted by Gasteiger charge is 2.45. The van der Waals surface area contributed by atoms with Gasteiger partial charge in [0.25, 0.3) is 0 Å². The molecule has 0 aliphatic carbocycles. The standard InChI is InChI=1S/C21H32N4O2/c1-15(2)25-12-11-18-20(25)21(27)23-14-17(24(18)3)9-10-19(26)22-13-16-7-5-4-6-8-16/h4-8,15,17-18,20H,9-14H2,1-3H3,(H,22,26)(H,23,27)/t17-,18-,20-/m0/s1. The van der Waals surface area contributed by atoms with E-state index in [2.05, 4.69) is 41.3 Å². The molecule has 0 bridgehead atoms. The van der Waals surface area contributed by atoms with Crippen LogP contribution in [-0.4, -0.2) is 65.9 Å². The first-order valence-electron chi connectivity index (χ1n) is 10.0. The van der Waals surface area contributed by atoms with Gasteiger partial charge in [0.05, 0.1) is 0 Å². The molecule has 2 aliphatic rings. The summed E-state index contributed by atoms with van der Waals surface area (Å²) in [6.07, 6.45) is 2.23. The highest BCUT2D eigenvalue weighted by atomic mass is 16.2. The smallest absolute Gasteiger partial charge is 0.239 e. The lowest BCUT2D eigenvalue weighted by Crippen LogP contribution is -2.51. The lowest BCUT2D eigenvalue weighted by Gasteiger charge is -2.34. The first kappa shape index (κ1) is 19.8. The van der Waals surface area contributed by atoms with Crippen molar-refractivity contribution < 1.29 is 9.59 Å². The molecule has 2 fully saturated rings. The van der Waals surface area contributed by atoms with Crippen molar-refractivity contribution in [1.82, 2.24) is 20.4 Å². The molecule has 0 saturated carbocycles. The first-order chi connectivity index (χ1) is 13.0. The van der Waals surface area contributed by atoms with Gasteiger partial charge < -0.3 is 10.6 Å². The summed E-state index contributed by atoms with van der Waals surface area (Å²) in [5.74, 6) is 0.198. The van der Waals surface area contributed by atoms with Crippen molar-refractivity contribution in [2.45, 2.75) is 63.8 Å². The number of hydrogen-bond acceptors (Lipinski definition) is 4. The Morgan fingerprint density at radius 2 is 2.04 bits per heavy atom. The molecular weight excluding hydrogens is 340 g/mol. The average Bonchev–Trinajstić information content (AvgIpc) is 3.07. The molecule has 2 amide bonds. The maximum Gasteiger partial charge on any atom is 0.239 e. The molecule has 2 N–H and O–H groups in total. The van der Waals surface area contributed by atoms with Gasteiger partial charge in [-0.05, 0) is 39.3 Å². The van der Waals surface area contributed by atoms with E-state index >= 15 is 0 Å². The van der Waals surface area contributed by atoms with Gasteiger partial charge >= 0.3 is 0 Å².